The molecule has 8 nitrogen and oxygen atoms in total. The van der Waals surface area contributed by atoms with Crippen LogP contribution in [0.3, 0.4) is 0 Å². The van der Waals surface area contributed by atoms with Crippen LogP contribution in [-0.4, -0.2) is 25.5 Å². The maximum absolute atomic E-state index is 13.8. The molecule has 0 radical (unpaired) electrons. The molecule has 0 fully saturated rings. The van der Waals surface area contributed by atoms with Crippen LogP contribution in [0.25, 0.3) is 0 Å². The standard InChI is InChI=1S/C21H21F3N2O6/c1-4-29-19(27)31-17-12(2)26-13(3)18(32-20(28)30-11-7-10-25)16(17)14-8-5-6-9-15(14)21(22,23)24/h5-6,8-9,16,26H,4,7,11H2,1-3H3. The third kappa shape index (κ3) is 5.94. The van der Waals surface area contributed by atoms with Gasteiger partial charge in [0.2, 0.25) is 0 Å². The lowest BCUT2D eigenvalue weighted by Gasteiger charge is -2.31. The predicted molar refractivity (Wildman–Crippen MR) is 103 cm³/mol. The second-order valence-corrected chi connectivity index (χ2v) is 6.52. The van der Waals surface area contributed by atoms with Crippen LogP contribution in [0.5, 0.6) is 0 Å². The van der Waals surface area contributed by atoms with Gasteiger partial charge in [0.25, 0.3) is 0 Å². The number of hydrogen-bond acceptors (Lipinski definition) is 8. The molecule has 2 rings (SSSR count). The monoisotopic (exact) mass is 454 g/mol. The molecule has 1 aliphatic heterocycles. The molecule has 1 aromatic carbocycles. The number of nitrogens with one attached hydrogen (secondary N) is 1. The summed E-state index contributed by atoms with van der Waals surface area (Å²) in [5.74, 6) is -1.90. The van der Waals surface area contributed by atoms with E-state index in [9.17, 15) is 22.8 Å². The largest absolute Gasteiger partial charge is 0.513 e. The topological polar surface area (TPSA) is 107 Å². The van der Waals surface area contributed by atoms with E-state index < -0.39 is 30.0 Å². The number of benzene rings is 1. The molecule has 1 atom stereocenters. The minimum Gasteiger partial charge on any atom is -0.434 e. The van der Waals surface area contributed by atoms with E-state index in [4.69, 9.17) is 24.2 Å². The predicted octanol–water partition coefficient (Wildman–Crippen LogP) is 5.10. The number of carbonyl (C=O) groups is 2. The maximum atomic E-state index is 13.8. The van der Waals surface area contributed by atoms with E-state index in [0.717, 1.165) is 6.07 Å². The molecule has 1 aromatic rings. The number of carbonyl (C=O) groups excluding carboxylic acids is 2. The van der Waals surface area contributed by atoms with E-state index in [0.29, 0.717) is 0 Å². The van der Waals surface area contributed by atoms with E-state index in [2.05, 4.69) is 5.32 Å². The third-order valence-corrected chi connectivity index (χ3v) is 4.30. The summed E-state index contributed by atoms with van der Waals surface area (Å²) in [6, 6.07) is 6.43. The van der Waals surface area contributed by atoms with Crippen LogP contribution in [0.4, 0.5) is 22.8 Å². The second-order valence-electron chi connectivity index (χ2n) is 6.52. The quantitative estimate of drug-likeness (QED) is 0.468. The van der Waals surface area contributed by atoms with Crippen LogP contribution < -0.4 is 5.32 Å². The molecule has 11 heteroatoms. The van der Waals surface area contributed by atoms with Gasteiger partial charge in [-0.05, 0) is 32.4 Å². The van der Waals surface area contributed by atoms with Gasteiger partial charge in [-0.3, -0.25) is 0 Å². The molecule has 1 heterocycles. The molecular formula is C21H21F3N2O6. The fourth-order valence-corrected chi connectivity index (χ4v) is 3.05. The Labute approximate surface area is 182 Å². The van der Waals surface area contributed by atoms with Crippen LogP contribution in [-0.2, 0) is 25.1 Å². The summed E-state index contributed by atoms with van der Waals surface area (Å²) in [7, 11) is 0. The molecule has 0 saturated carbocycles. The molecule has 0 amide bonds. The number of nitriles is 1. The maximum Gasteiger partial charge on any atom is 0.513 e. The van der Waals surface area contributed by atoms with Crippen LogP contribution in [0.15, 0.2) is 47.2 Å². The lowest BCUT2D eigenvalue weighted by molar-refractivity contribution is -0.138. The Hall–Kier alpha value is -3.68. The highest BCUT2D eigenvalue weighted by molar-refractivity contribution is 5.65. The minimum atomic E-state index is -4.74. The molecule has 1 N–H and O–H groups in total. The smallest absolute Gasteiger partial charge is 0.434 e. The van der Waals surface area contributed by atoms with E-state index in [-0.39, 0.29) is 48.1 Å². The fraction of sp³-hybridized carbons (Fsp3) is 0.381. The zero-order chi connectivity index (χ0) is 23.9. The summed E-state index contributed by atoms with van der Waals surface area (Å²) in [6.07, 6.45) is -7.19. The van der Waals surface area contributed by atoms with Crippen molar-refractivity contribution >= 4 is 12.3 Å². The van der Waals surface area contributed by atoms with E-state index in [1.165, 1.54) is 39.0 Å². The normalized spacial score (nSPS) is 16.1. The molecular weight excluding hydrogens is 433 g/mol. The van der Waals surface area contributed by atoms with Gasteiger partial charge in [-0.2, -0.15) is 18.4 Å². The van der Waals surface area contributed by atoms with Crippen molar-refractivity contribution in [3.05, 3.63) is 58.3 Å². The lowest BCUT2D eigenvalue weighted by atomic mass is 9.87. The molecule has 32 heavy (non-hydrogen) atoms. The van der Waals surface area contributed by atoms with Crippen molar-refractivity contribution in [2.45, 2.75) is 39.3 Å². The first kappa shape index (κ1) is 24.6. The Bertz CT molecular complexity index is 978. The molecule has 172 valence electrons. The number of allylic oxidation sites excluding steroid dienone is 2. The Morgan fingerprint density at radius 3 is 2.16 bits per heavy atom. The van der Waals surface area contributed by atoms with Gasteiger partial charge in [-0.15, -0.1) is 0 Å². The number of alkyl halides is 3. The average Bonchev–Trinajstić information content (AvgIpc) is 2.71. The molecule has 0 saturated heterocycles. The molecule has 0 aliphatic carbocycles. The van der Waals surface area contributed by atoms with Gasteiger partial charge >= 0.3 is 18.5 Å². The highest BCUT2D eigenvalue weighted by atomic mass is 19.4. The second kappa shape index (κ2) is 10.6. The van der Waals surface area contributed by atoms with E-state index in [1.54, 1.807) is 6.07 Å². The van der Waals surface area contributed by atoms with Gasteiger partial charge in [0, 0.05) is 0 Å². The van der Waals surface area contributed by atoms with Gasteiger partial charge in [0.05, 0.1) is 36.1 Å². The van der Waals surface area contributed by atoms with Crippen LogP contribution in [0, 0.1) is 11.3 Å². The Balaban J connectivity index is 2.57. The van der Waals surface area contributed by atoms with E-state index >= 15 is 0 Å². The highest BCUT2D eigenvalue weighted by Gasteiger charge is 2.42. The van der Waals surface area contributed by atoms with Gasteiger partial charge < -0.3 is 24.3 Å². The number of rotatable bonds is 6. The summed E-state index contributed by atoms with van der Waals surface area (Å²) in [5, 5.41) is 11.4. The Kier molecular flexibility index (Phi) is 8.12. The minimum absolute atomic E-state index is 0.0220. The van der Waals surface area contributed by atoms with E-state index in [1.807, 2.05) is 0 Å². The van der Waals surface area contributed by atoms with Crippen molar-refractivity contribution < 1.29 is 41.7 Å². The van der Waals surface area contributed by atoms with Crippen molar-refractivity contribution in [2.75, 3.05) is 13.2 Å². The van der Waals surface area contributed by atoms with Gasteiger partial charge in [-0.25, -0.2) is 9.59 Å². The SMILES string of the molecule is CCOC(=O)OC1=C(C)NC(C)=C(OC(=O)OCCC#N)C1c1ccccc1C(F)(F)F. The summed E-state index contributed by atoms with van der Waals surface area (Å²) >= 11 is 0. The lowest BCUT2D eigenvalue weighted by Crippen LogP contribution is -2.30. The highest BCUT2D eigenvalue weighted by Crippen LogP contribution is 2.44. The van der Waals surface area contributed by atoms with Gasteiger partial charge in [0.15, 0.2) is 0 Å². The molecule has 0 bridgehead atoms. The summed E-state index contributed by atoms with van der Waals surface area (Å²) in [5.41, 5.74) is -0.878. The van der Waals surface area contributed by atoms with Crippen LogP contribution in [0.2, 0.25) is 0 Å². The number of ether oxygens (including phenoxy) is 4. The Morgan fingerprint density at radius 2 is 1.62 bits per heavy atom. The number of dihydropyridines is 1. The number of hydrogen-bond donors (Lipinski definition) is 1. The first-order chi connectivity index (χ1) is 15.1. The molecule has 1 aliphatic rings. The van der Waals surface area contributed by atoms with Gasteiger partial charge in [-0.1, -0.05) is 18.2 Å². The summed E-state index contributed by atoms with van der Waals surface area (Å²) in [4.78, 5) is 24.1. The van der Waals surface area contributed by atoms with Crippen molar-refractivity contribution in [3.8, 4) is 6.07 Å². The van der Waals surface area contributed by atoms with Crippen molar-refractivity contribution in [1.82, 2.24) is 5.32 Å². The van der Waals surface area contributed by atoms with Crippen molar-refractivity contribution in [1.29, 1.82) is 5.26 Å². The van der Waals surface area contributed by atoms with Crippen LogP contribution >= 0.6 is 0 Å². The zero-order valence-corrected chi connectivity index (χ0v) is 17.5. The average molecular weight is 454 g/mol. The fourth-order valence-electron chi connectivity index (χ4n) is 3.05. The third-order valence-electron chi connectivity index (χ3n) is 4.30. The summed E-state index contributed by atoms with van der Waals surface area (Å²) < 4.78 is 61.3. The molecule has 1 unspecified atom stereocenters. The van der Waals surface area contributed by atoms with Crippen LogP contribution in [0.1, 0.15) is 44.2 Å². The number of nitrogens with zero attached hydrogens (tertiary/aromatic N) is 1. The summed E-state index contributed by atoms with van der Waals surface area (Å²) in [6.45, 7) is 4.22. The van der Waals surface area contributed by atoms with Crippen molar-refractivity contribution in [3.63, 3.8) is 0 Å². The Morgan fingerprint density at radius 1 is 1.06 bits per heavy atom. The van der Waals surface area contributed by atoms with Gasteiger partial charge in [0.1, 0.15) is 24.0 Å². The molecule has 0 aromatic heterocycles. The first-order valence-electron chi connectivity index (χ1n) is 9.50. The number of halogens is 3. The zero-order valence-electron chi connectivity index (χ0n) is 17.5. The van der Waals surface area contributed by atoms with Crippen molar-refractivity contribution in [2.24, 2.45) is 0 Å². The first-order valence-corrected chi connectivity index (χ1v) is 9.50. The molecule has 0 spiro atoms.